The maximum atomic E-state index is 12.1. The van der Waals surface area contributed by atoms with Crippen molar-refractivity contribution in [1.82, 2.24) is 9.55 Å². The Morgan fingerprint density at radius 2 is 1.71 bits per heavy atom. The maximum Gasteiger partial charge on any atom is 0.191 e. The van der Waals surface area contributed by atoms with Crippen molar-refractivity contribution in [3.63, 3.8) is 0 Å². The number of nitrogens with zero attached hydrogens (tertiary/aromatic N) is 2. The minimum absolute atomic E-state index is 0.142. The molecule has 0 saturated carbocycles. The zero-order chi connectivity index (χ0) is 15.1. The Bertz CT molecular complexity index is 898. The number of aryl methyl sites for hydroxylation is 1. The highest BCUT2D eigenvalue weighted by Gasteiger charge is 2.16. The van der Waals surface area contributed by atoms with Crippen molar-refractivity contribution in [2.75, 3.05) is 0 Å². The van der Waals surface area contributed by atoms with Crippen LogP contribution in [0.25, 0.3) is 16.6 Å². The third-order valence-corrected chi connectivity index (χ3v) is 4.10. The summed E-state index contributed by atoms with van der Waals surface area (Å²) in [7, 11) is 0. The zero-order valence-corrected chi connectivity index (χ0v) is 13.2. The Morgan fingerprint density at radius 3 is 2.38 bits per heavy atom. The van der Waals surface area contributed by atoms with E-state index >= 15 is 0 Å². The van der Waals surface area contributed by atoms with Gasteiger partial charge in [0.1, 0.15) is 0 Å². The van der Waals surface area contributed by atoms with Crippen molar-refractivity contribution >= 4 is 45.7 Å². The minimum Gasteiger partial charge on any atom is -0.309 e. The predicted octanol–water partition coefficient (Wildman–Crippen LogP) is 4.65. The van der Waals surface area contributed by atoms with Gasteiger partial charge in [0.25, 0.3) is 0 Å². The largest absolute Gasteiger partial charge is 0.309 e. The molecular weight excluding hydrogens is 331 g/mol. The Hall–Kier alpha value is -1.55. The van der Waals surface area contributed by atoms with Crippen molar-refractivity contribution in [1.29, 1.82) is 0 Å². The number of benzene rings is 1. The number of pyridine rings is 2. The van der Waals surface area contributed by atoms with Gasteiger partial charge in [-0.2, -0.15) is 0 Å². The Kier molecular flexibility index (Phi) is 3.66. The van der Waals surface area contributed by atoms with Crippen LogP contribution in [0.5, 0.6) is 0 Å². The van der Waals surface area contributed by atoms with E-state index in [0.717, 1.165) is 0 Å². The van der Waals surface area contributed by atoms with Gasteiger partial charge >= 0.3 is 0 Å². The summed E-state index contributed by atoms with van der Waals surface area (Å²) in [6, 6.07) is 6.75. The van der Waals surface area contributed by atoms with E-state index < -0.39 is 0 Å². The molecule has 3 nitrogen and oxygen atoms in total. The van der Waals surface area contributed by atoms with Gasteiger partial charge in [0, 0.05) is 24.2 Å². The maximum absolute atomic E-state index is 12.1. The van der Waals surface area contributed by atoms with Gasteiger partial charge in [0.15, 0.2) is 5.43 Å². The van der Waals surface area contributed by atoms with Crippen molar-refractivity contribution in [3.8, 4) is 5.69 Å². The molecule has 0 saturated heterocycles. The molecule has 0 aliphatic rings. The highest BCUT2D eigenvalue weighted by molar-refractivity contribution is 6.38. The van der Waals surface area contributed by atoms with E-state index in [1.54, 1.807) is 29.7 Å². The molecule has 0 radical (unpaired) electrons. The van der Waals surface area contributed by atoms with Gasteiger partial charge in [-0.05, 0) is 19.1 Å². The van der Waals surface area contributed by atoms with E-state index in [1.807, 2.05) is 0 Å². The Labute approximate surface area is 135 Å². The summed E-state index contributed by atoms with van der Waals surface area (Å²) < 4.78 is 1.78. The van der Waals surface area contributed by atoms with Crippen molar-refractivity contribution < 1.29 is 0 Å². The average Bonchev–Trinajstić information content (AvgIpc) is 2.42. The van der Waals surface area contributed by atoms with Gasteiger partial charge in [0.2, 0.25) is 0 Å². The van der Waals surface area contributed by atoms with Crippen LogP contribution in [0.4, 0.5) is 0 Å². The number of fused-ring (bicyclic) bond motifs is 1. The molecule has 0 aliphatic carbocycles. The fraction of sp³-hybridized carbons (Fsp3) is 0.0667. The van der Waals surface area contributed by atoms with Crippen LogP contribution in [-0.2, 0) is 0 Å². The van der Waals surface area contributed by atoms with Gasteiger partial charge in [-0.3, -0.25) is 9.78 Å². The minimum atomic E-state index is -0.142. The first-order chi connectivity index (χ1) is 10.0. The normalized spacial score (nSPS) is 11.0. The lowest BCUT2D eigenvalue weighted by Gasteiger charge is -2.17. The molecule has 0 aliphatic heterocycles. The molecule has 0 amide bonds. The number of halogens is 3. The summed E-state index contributed by atoms with van der Waals surface area (Å²) in [5.41, 5.74) is 1.69. The lowest BCUT2D eigenvalue weighted by Crippen LogP contribution is -2.12. The molecule has 3 rings (SSSR count). The molecule has 0 unspecified atom stereocenters. The van der Waals surface area contributed by atoms with Gasteiger partial charge < -0.3 is 4.57 Å². The monoisotopic (exact) mass is 338 g/mol. The summed E-state index contributed by atoms with van der Waals surface area (Å²) >= 11 is 18.8. The number of para-hydroxylation sites is 1. The standard InChI is InChI=1S/C15H9Cl3N2O/c1-8-5-13(21)9-6-19-7-12(18)14(9)20(8)15-10(16)3-2-4-11(15)17/h2-7H,1H3. The SMILES string of the molecule is Cc1cc(=O)c2cncc(Cl)c2n1-c1c(Cl)cccc1Cl. The van der Waals surface area contributed by atoms with Crippen LogP contribution in [-0.4, -0.2) is 9.55 Å². The molecule has 6 heteroatoms. The van der Waals surface area contributed by atoms with E-state index in [9.17, 15) is 4.79 Å². The van der Waals surface area contributed by atoms with Gasteiger partial charge in [-0.25, -0.2) is 0 Å². The van der Waals surface area contributed by atoms with Crippen LogP contribution < -0.4 is 5.43 Å². The first-order valence-corrected chi connectivity index (χ1v) is 7.24. The van der Waals surface area contributed by atoms with E-state index in [1.165, 1.54) is 18.5 Å². The number of aromatic nitrogens is 2. The molecule has 2 aromatic heterocycles. The second-order valence-electron chi connectivity index (χ2n) is 4.57. The molecule has 21 heavy (non-hydrogen) atoms. The fourth-order valence-corrected chi connectivity index (χ4v) is 3.14. The summed E-state index contributed by atoms with van der Waals surface area (Å²) in [6.07, 6.45) is 2.98. The van der Waals surface area contributed by atoms with Gasteiger partial charge in [-0.15, -0.1) is 0 Å². The van der Waals surface area contributed by atoms with Crippen LogP contribution in [0, 0.1) is 6.92 Å². The molecule has 0 bridgehead atoms. The summed E-state index contributed by atoms with van der Waals surface area (Å²) in [6.45, 7) is 1.80. The Balaban J connectivity index is 2.57. The average molecular weight is 340 g/mol. The number of hydrogen-bond donors (Lipinski definition) is 0. The second kappa shape index (κ2) is 5.34. The molecule has 0 N–H and O–H groups in total. The highest BCUT2D eigenvalue weighted by atomic mass is 35.5. The first-order valence-electron chi connectivity index (χ1n) is 6.11. The Morgan fingerprint density at radius 1 is 1.05 bits per heavy atom. The van der Waals surface area contributed by atoms with Gasteiger partial charge in [0.05, 0.1) is 31.7 Å². The highest BCUT2D eigenvalue weighted by Crippen LogP contribution is 2.33. The van der Waals surface area contributed by atoms with Crippen molar-refractivity contribution in [2.24, 2.45) is 0 Å². The molecular formula is C15H9Cl3N2O. The first kappa shape index (κ1) is 14.4. The molecule has 2 heterocycles. The second-order valence-corrected chi connectivity index (χ2v) is 5.79. The summed E-state index contributed by atoms with van der Waals surface area (Å²) in [5, 5.41) is 1.74. The van der Waals surface area contributed by atoms with Crippen LogP contribution in [0.2, 0.25) is 15.1 Å². The summed E-state index contributed by atoms with van der Waals surface area (Å²) in [4.78, 5) is 16.1. The van der Waals surface area contributed by atoms with E-state index in [0.29, 0.717) is 37.4 Å². The predicted molar refractivity (Wildman–Crippen MR) is 87.1 cm³/mol. The fourth-order valence-electron chi connectivity index (χ4n) is 2.33. The van der Waals surface area contributed by atoms with E-state index in [4.69, 9.17) is 34.8 Å². The van der Waals surface area contributed by atoms with E-state index in [2.05, 4.69) is 4.98 Å². The molecule has 0 atom stereocenters. The van der Waals surface area contributed by atoms with Crippen LogP contribution in [0.15, 0.2) is 41.5 Å². The van der Waals surface area contributed by atoms with E-state index in [-0.39, 0.29) is 5.43 Å². The molecule has 3 aromatic rings. The van der Waals surface area contributed by atoms with Crippen LogP contribution >= 0.6 is 34.8 Å². The lowest BCUT2D eigenvalue weighted by atomic mass is 10.2. The molecule has 1 aromatic carbocycles. The molecule has 106 valence electrons. The third kappa shape index (κ3) is 2.31. The third-order valence-electron chi connectivity index (χ3n) is 3.22. The quantitative estimate of drug-likeness (QED) is 0.646. The van der Waals surface area contributed by atoms with Crippen LogP contribution in [0.3, 0.4) is 0 Å². The topological polar surface area (TPSA) is 34.9 Å². The van der Waals surface area contributed by atoms with Gasteiger partial charge in [-0.1, -0.05) is 40.9 Å². The number of hydrogen-bond acceptors (Lipinski definition) is 2. The van der Waals surface area contributed by atoms with Crippen molar-refractivity contribution in [3.05, 3.63) is 67.6 Å². The molecule has 0 fully saturated rings. The number of rotatable bonds is 1. The smallest absolute Gasteiger partial charge is 0.191 e. The lowest BCUT2D eigenvalue weighted by molar-refractivity contribution is 1.02. The summed E-state index contributed by atoms with van der Waals surface area (Å²) in [5.74, 6) is 0. The van der Waals surface area contributed by atoms with Crippen molar-refractivity contribution in [2.45, 2.75) is 6.92 Å². The van der Waals surface area contributed by atoms with Crippen LogP contribution in [0.1, 0.15) is 5.69 Å². The molecule has 0 spiro atoms. The zero-order valence-electron chi connectivity index (χ0n) is 10.9.